The van der Waals surface area contributed by atoms with E-state index in [1.165, 1.54) is 18.7 Å². The molecule has 1 aromatic carbocycles. The molecule has 0 aliphatic carbocycles. The topological polar surface area (TPSA) is 67.3 Å². The molecule has 2 heterocycles. The van der Waals surface area contributed by atoms with E-state index in [4.69, 9.17) is 4.74 Å². The smallest absolute Gasteiger partial charge is 0.394 e. The first-order chi connectivity index (χ1) is 13.1. The van der Waals surface area contributed by atoms with Crippen molar-refractivity contribution in [2.24, 2.45) is 5.92 Å². The summed E-state index contributed by atoms with van der Waals surface area (Å²) in [5, 5.41) is 2.64. The Kier molecular flexibility index (Phi) is 5.18. The molecule has 2 amide bonds. The molecule has 0 bridgehead atoms. The number of hydrogen-bond acceptors (Lipinski definition) is 4. The number of aromatic nitrogens is 2. The first-order valence-corrected chi connectivity index (χ1v) is 8.80. The number of benzene rings is 1. The summed E-state index contributed by atoms with van der Waals surface area (Å²) in [5.74, 6) is -1.07. The Hall–Kier alpha value is -2.84. The fourth-order valence-corrected chi connectivity index (χ4v) is 3.39. The van der Waals surface area contributed by atoms with Crippen LogP contribution in [0.2, 0.25) is 0 Å². The lowest BCUT2D eigenvalue weighted by molar-refractivity contribution is -0.189. The van der Waals surface area contributed by atoms with Gasteiger partial charge in [-0.1, -0.05) is 0 Å². The van der Waals surface area contributed by atoms with Gasteiger partial charge in [-0.2, -0.15) is 13.2 Å². The fourth-order valence-electron chi connectivity index (χ4n) is 3.39. The van der Waals surface area contributed by atoms with Crippen LogP contribution < -0.4 is 10.1 Å². The van der Waals surface area contributed by atoms with Crippen LogP contribution in [-0.4, -0.2) is 39.2 Å². The molecule has 6 nitrogen and oxygen atoms in total. The average Bonchev–Trinajstić information content (AvgIpc) is 2.92. The molecule has 0 radical (unpaired) electrons. The number of nitrogens with zero attached hydrogens (tertiary/aromatic N) is 3. The third-order valence-electron chi connectivity index (χ3n) is 4.92. The molecule has 3 rings (SSSR count). The summed E-state index contributed by atoms with van der Waals surface area (Å²) < 4.78 is 45.1. The van der Waals surface area contributed by atoms with Gasteiger partial charge in [-0.3, -0.25) is 0 Å². The second kappa shape index (κ2) is 7.29. The minimum absolute atomic E-state index is 0.0505. The molecule has 0 saturated carbocycles. The molecule has 1 aliphatic heterocycles. The molecule has 28 heavy (non-hydrogen) atoms. The Morgan fingerprint density at radius 3 is 2.50 bits per heavy atom. The van der Waals surface area contributed by atoms with Crippen LogP contribution in [0, 0.1) is 12.8 Å². The van der Waals surface area contributed by atoms with Gasteiger partial charge in [0.25, 0.3) is 0 Å². The molecular weight excluding hydrogens is 373 g/mol. The zero-order chi connectivity index (χ0) is 20.5. The van der Waals surface area contributed by atoms with E-state index in [0.717, 1.165) is 5.69 Å². The quantitative estimate of drug-likeness (QED) is 0.814. The first kappa shape index (κ1) is 19.9. The van der Waals surface area contributed by atoms with Crippen LogP contribution in [0.5, 0.6) is 11.8 Å². The molecule has 1 N–H and O–H groups in total. The lowest BCUT2D eigenvalue weighted by Crippen LogP contribution is -2.51. The van der Waals surface area contributed by atoms with Gasteiger partial charge in [0.1, 0.15) is 5.75 Å². The maximum atomic E-state index is 13.2. The van der Waals surface area contributed by atoms with Gasteiger partial charge in [-0.15, -0.1) is 0 Å². The van der Waals surface area contributed by atoms with Crippen molar-refractivity contribution in [3.63, 3.8) is 0 Å². The molecule has 1 aliphatic rings. The predicted molar refractivity (Wildman–Crippen MR) is 97.3 cm³/mol. The van der Waals surface area contributed by atoms with Gasteiger partial charge < -0.3 is 15.0 Å². The van der Waals surface area contributed by atoms with Crippen LogP contribution in [0.15, 0.2) is 36.5 Å². The lowest BCUT2D eigenvalue weighted by atomic mass is 9.88. The van der Waals surface area contributed by atoms with E-state index in [-0.39, 0.29) is 19.0 Å². The molecule has 1 saturated heterocycles. The number of halogens is 3. The molecule has 0 spiro atoms. The number of rotatable bonds is 3. The van der Waals surface area contributed by atoms with Crippen LogP contribution in [0.4, 0.5) is 23.7 Å². The molecule has 9 heteroatoms. The summed E-state index contributed by atoms with van der Waals surface area (Å²) in [6.45, 7) is 4.75. The van der Waals surface area contributed by atoms with Crippen LogP contribution in [0.1, 0.15) is 26.0 Å². The Morgan fingerprint density at radius 2 is 1.93 bits per heavy atom. The van der Waals surface area contributed by atoms with Crippen molar-refractivity contribution in [2.45, 2.75) is 38.9 Å². The van der Waals surface area contributed by atoms with Crippen LogP contribution >= 0.6 is 0 Å². The molecule has 150 valence electrons. The number of carbonyl (C=O) groups is 1. The highest BCUT2D eigenvalue weighted by Crippen LogP contribution is 2.44. The standard InChI is InChI=1S/C19H21F3N4O2/c1-12-8-10-23-16(24-12)28-14-6-4-13(5-7-14)25-17(27)26-11-9-15(18(26,2)3)19(20,21)22/h4-8,10,15H,9,11H2,1-3H3,(H,25,27). The summed E-state index contributed by atoms with van der Waals surface area (Å²) in [6, 6.07) is 7.83. The normalized spacial score (nSPS) is 18.8. The summed E-state index contributed by atoms with van der Waals surface area (Å²) in [7, 11) is 0. The lowest BCUT2D eigenvalue weighted by Gasteiger charge is -2.36. The summed E-state index contributed by atoms with van der Waals surface area (Å²) in [4.78, 5) is 21.9. The highest BCUT2D eigenvalue weighted by Gasteiger charge is 2.56. The van der Waals surface area contributed by atoms with Gasteiger partial charge in [0, 0.05) is 24.1 Å². The monoisotopic (exact) mass is 394 g/mol. The van der Waals surface area contributed by atoms with Gasteiger partial charge in [0.15, 0.2) is 0 Å². The number of carbonyl (C=O) groups excluding carboxylic acids is 1. The van der Waals surface area contributed by atoms with Crippen molar-refractivity contribution >= 4 is 11.7 Å². The van der Waals surface area contributed by atoms with Crippen molar-refractivity contribution in [1.29, 1.82) is 0 Å². The van der Waals surface area contributed by atoms with Crippen LogP contribution in [-0.2, 0) is 0 Å². The van der Waals surface area contributed by atoms with Crippen molar-refractivity contribution in [2.75, 3.05) is 11.9 Å². The molecule has 2 aromatic rings. The molecule has 1 atom stereocenters. The van der Waals surface area contributed by atoms with E-state index in [1.807, 2.05) is 6.92 Å². The van der Waals surface area contributed by atoms with Crippen molar-refractivity contribution in [3.8, 4) is 11.8 Å². The van der Waals surface area contributed by atoms with Crippen LogP contribution in [0.3, 0.4) is 0 Å². The number of nitrogens with one attached hydrogen (secondary N) is 1. The van der Waals surface area contributed by atoms with Gasteiger partial charge >= 0.3 is 18.2 Å². The van der Waals surface area contributed by atoms with Crippen molar-refractivity contribution < 1.29 is 22.7 Å². The Balaban J connectivity index is 1.65. The maximum Gasteiger partial charge on any atom is 0.394 e. The molecule has 1 fully saturated rings. The second-order valence-electron chi connectivity index (χ2n) is 7.23. The largest absolute Gasteiger partial charge is 0.424 e. The number of urea groups is 1. The van der Waals surface area contributed by atoms with E-state index in [2.05, 4.69) is 15.3 Å². The zero-order valence-corrected chi connectivity index (χ0v) is 15.7. The minimum Gasteiger partial charge on any atom is -0.424 e. The highest BCUT2D eigenvalue weighted by atomic mass is 19.4. The number of hydrogen-bond donors (Lipinski definition) is 1. The second-order valence-corrected chi connectivity index (χ2v) is 7.23. The van der Waals surface area contributed by atoms with E-state index in [9.17, 15) is 18.0 Å². The number of likely N-dealkylation sites (tertiary alicyclic amines) is 1. The number of amides is 2. The zero-order valence-electron chi connectivity index (χ0n) is 15.7. The number of anilines is 1. The van der Waals surface area contributed by atoms with Crippen molar-refractivity contribution in [1.82, 2.24) is 14.9 Å². The van der Waals surface area contributed by atoms with Gasteiger partial charge in [-0.05, 0) is 57.5 Å². The van der Waals surface area contributed by atoms with Crippen LogP contribution in [0.25, 0.3) is 0 Å². The summed E-state index contributed by atoms with van der Waals surface area (Å²) >= 11 is 0. The van der Waals surface area contributed by atoms with Gasteiger partial charge in [-0.25, -0.2) is 14.8 Å². The molecule has 1 aromatic heterocycles. The Labute approximate surface area is 160 Å². The van der Waals surface area contributed by atoms with Crippen molar-refractivity contribution in [3.05, 3.63) is 42.2 Å². The SMILES string of the molecule is Cc1ccnc(Oc2ccc(NC(=O)N3CCC(C(F)(F)F)C3(C)C)cc2)n1. The summed E-state index contributed by atoms with van der Waals surface area (Å²) in [5.41, 5.74) is -0.0958. The predicted octanol–water partition coefficient (Wildman–Crippen LogP) is 4.77. The minimum atomic E-state index is -4.34. The van der Waals surface area contributed by atoms with Gasteiger partial charge in [0.05, 0.1) is 11.5 Å². The Morgan fingerprint density at radius 1 is 1.25 bits per heavy atom. The highest BCUT2D eigenvalue weighted by molar-refractivity contribution is 5.90. The molecule has 1 unspecified atom stereocenters. The van der Waals surface area contributed by atoms with E-state index in [0.29, 0.717) is 11.4 Å². The van der Waals surface area contributed by atoms with E-state index < -0.39 is 23.7 Å². The maximum absolute atomic E-state index is 13.2. The number of ether oxygens (including phenoxy) is 1. The average molecular weight is 394 g/mol. The molecular formula is C19H21F3N4O2. The fraction of sp³-hybridized carbons (Fsp3) is 0.421. The first-order valence-electron chi connectivity index (χ1n) is 8.80. The van der Waals surface area contributed by atoms with E-state index >= 15 is 0 Å². The third-order valence-corrected chi connectivity index (χ3v) is 4.92. The van der Waals surface area contributed by atoms with Gasteiger partial charge in [0.2, 0.25) is 0 Å². The Bertz CT molecular complexity index is 853. The number of aryl methyl sites for hydroxylation is 1. The van der Waals surface area contributed by atoms with E-state index in [1.54, 1.807) is 36.5 Å². The number of alkyl halides is 3. The third kappa shape index (κ3) is 4.18. The summed E-state index contributed by atoms with van der Waals surface area (Å²) in [6.07, 6.45) is -2.86.